The number of hydrogen-bond donors (Lipinski definition) is 1. The number of benzene rings is 1. The second-order valence-corrected chi connectivity index (χ2v) is 5.55. The van der Waals surface area contributed by atoms with Gasteiger partial charge in [-0.25, -0.2) is 0 Å². The third-order valence-corrected chi connectivity index (χ3v) is 3.88. The van der Waals surface area contributed by atoms with Gasteiger partial charge in [0, 0.05) is 24.4 Å². The van der Waals surface area contributed by atoms with E-state index in [0.29, 0.717) is 0 Å². The van der Waals surface area contributed by atoms with Crippen molar-refractivity contribution < 1.29 is 4.79 Å². The topological polar surface area (TPSA) is 32.3 Å². The minimum atomic E-state index is -0.0363. The van der Waals surface area contributed by atoms with Crippen molar-refractivity contribution in [2.24, 2.45) is 0 Å². The summed E-state index contributed by atoms with van der Waals surface area (Å²) in [5, 5.41) is 3.21. The highest BCUT2D eigenvalue weighted by Gasteiger charge is 2.26. The van der Waals surface area contributed by atoms with Gasteiger partial charge in [0.15, 0.2) is 0 Å². The van der Waals surface area contributed by atoms with Crippen LogP contribution in [0.25, 0.3) is 0 Å². The van der Waals surface area contributed by atoms with Gasteiger partial charge in [-0.2, -0.15) is 0 Å². The predicted octanol–water partition coefficient (Wildman–Crippen LogP) is 2.35. The van der Waals surface area contributed by atoms with Gasteiger partial charge in [0.1, 0.15) is 0 Å². The minimum Gasteiger partial charge on any atom is -0.314 e. The molecule has 1 aromatic carbocycles. The highest BCUT2D eigenvalue weighted by atomic mass is 35.5. The van der Waals surface area contributed by atoms with Gasteiger partial charge in [-0.3, -0.25) is 10.1 Å². The van der Waals surface area contributed by atoms with Gasteiger partial charge in [0.2, 0.25) is 5.91 Å². The summed E-state index contributed by atoms with van der Waals surface area (Å²) < 4.78 is 0. The van der Waals surface area contributed by atoms with Crippen molar-refractivity contribution in [3.63, 3.8) is 0 Å². The van der Waals surface area contributed by atoms with Crippen LogP contribution in [0.2, 0.25) is 0 Å². The third-order valence-electron chi connectivity index (χ3n) is 2.94. The molecule has 0 saturated carbocycles. The Balaban J connectivity index is 0.00000162. The fourth-order valence-electron chi connectivity index (χ4n) is 2.06. The van der Waals surface area contributed by atoms with Crippen molar-refractivity contribution in [3.8, 4) is 0 Å². The van der Waals surface area contributed by atoms with Crippen LogP contribution in [0.5, 0.6) is 0 Å². The Hall–Kier alpha value is -0.710. The molecule has 1 N–H and O–H groups in total. The zero-order valence-corrected chi connectivity index (χ0v) is 12.5. The number of nitrogens with zero attached hydrogens (tertiary/aromatic N) is 1. The molecule has 18 heavy (non-hydrogen) atoms. The Bertz CT molecular complexity index is 413. The molecule has 5 heteroatoms. The lowest BCUT2D eigenvalue weighted by molar-refractivity contribution is -0.119. The first-order chi connectivity index (χ1) is 8.08. The number of rotatable bonds is 2. The summed E-state index contributed by atoms with van der Waals surface area (Å²) in [7, 11) is 1.85. The quantitative estimate of drug-likeness (QED) is 0.906. The fraction of sp³-hybridized carbons (Fsp3) is 0.462. The molecular formula is C13H19ClN2OS. The van der Waals surface area contributed by atoms with Crippen LogP contribution in [-0.4, -0.2) is 30.6 Å². The number of aryl methyl sites for hydroxylation is 2. The number of carbonyl (C=O) groups is 1. The molecule has 0 spiro atoms. The van der Waals surface area contributed by atoms with Crippen LogP contribution in [0, 0.1) is 13.8 Å². The highest BCUT2D eigenvalue weighted by molar-refractivity contribution is 7.99. The van der Waals surface area contributed by atoms with E-state index in [-0.39, 0.29) is 24.4 Å². The number of thioether (sulfide) groups is 1. The normalized spacial score (nSPS) is 18.3. The molecule has 1 saturated heterocycles. The lowest BCUT2D eigenvalue weighted by Crippen LogP contribution is -2.43. The summed E-state index contributed by atoms with van der Waals surface area (Å²) >= 11 is 1.77. The van der Waals surface area contributed by atoms with Gasteiger partial charge in [-0.05, 0) is 37.1 Å². The van der Waals surface area contributed by atoms with Crippen molar-refractivity contribution in [2.75, 3.05) is 23.6 Å². The number of hydrogen-bond acceptors (Lipinski definition) is 3. The molecule has 1 fully saturated rings. The molecule has 1 aromatic rings. The third kappa shape index (κ3) is 3.40. The number of anilines is 1. The van der Waals surface area contributed by atoms with E-state index in [1.807, 2.05) is 19.2 Å². The molecule has 0 radical (unpaired) electrons. The number of carbonyl (C=O) groups excluding carboxylic acids is 1. The zero-order valence-electron chi connectivity index (χ0n) is 10.9. The maximum atomic E-state index is 12.2. The van der Waals surface area contributed by atoms with Gasteiger partial charge < -0.3 is 4.90 Å². The van der Waals surface area contributed by atoms with E-state index in [1.165, 1.54) is 11.1 Å². The molecule has 1 heterocycles. The minimum absolute atomic E-state index is 0. The second kappa shape index (κ2) is 6.45. The molecule has 0 bridgehead atoms. The standard InChI is InChI=1S/C13H18N2OS.ClH/c1-9-4-10(2)6-11(5-9)15(3)13(16)12-7-17-8-14-12;/h4-6,12,14H,7-8H2,1-3H3;1H. The maximum Gasteiger partial charge on any atom is 0.244 e. The second-order valence-electron chi connectivity index (χ2n) is 4.52. The largest absolute Gasteiger partial charge is 0.314 e. The number of amides is 1. The van der Waals surface area contributed by atoms with Crippen LogP contribution in [0.15, 0.2) is 18.2 Å². The van der Waals surface area contributed by atoms with Crippen molar-refractivity contribution in [1.82, 2.24) is 5.32 Å². The molecule has 1 atom stereocenters. The molecule has 1 aliphatic rings. The van der Waals surface area contributed by atoms with Crippen LogP contribution >= 0.6 is 24.2 Å². The first kappa shape index (κ1) is 15.3. The van der Waals surface area contributed by atoms with Crippen molar-refractivity contribution in [3.05, 3.63) is 29.3 Å². The van der Waals surface area contributed by atoms with E-state index in [1.54, 1.807) is 16.7 Å². The SMILES string of the molecule is Cc1cc(C)cc(N(C)C(=O)C2CSCN2)c1.Cl. The van der Waals surface area contributed by atoms with Crippen LogP contribution in [0.1, 0.15) is 11.1 Å². The highest BCUT2D eigenvalue weighted by Crippen LogP contribution is 2.20. The molecule has 100 valence electrons. The predicted molar refractivity (Wildman–Crippen MR) is 80.8 cm³/mol. The van der Waals surface area contributed by atoms with E-state index in [4.69, 9.17) is 0 Å². The van der Waals surface area contributed by atoms with Crippen molar-refractivity contribution in [1.29, 1.82) is 0 Å². The molecule has 1 unspecified atom stereocenters. The smallest absolute Gasteiger partial charge is 0.244 e. The Labute approximate surface area is 119 Å². The summed E-state index contributed by atoms with van der Waals surface area (Å²) in [6.07, 6.45) is 0. The summed E-state index contributed by atoms with van der Waals surface area (Å²) in [5.74, 6) is 1.89. The lowest BCUT2D eigenvalue weighted by atomic mass is 10.1. The number of likely N-dealkylation sites (N-methyl/N-ethyl adjacent to an activating group) is 1. The molecule has 0 aromatic heterocycles. The Kier molecular flexibility index (Phi) is 5.50. The Morgan fingerprint density at radius 2 is 1.94 bits per heavy atom. The summed E-state index contributed by atoms with van der Waals surface area (Å²) in [5.41, 5.74) is 3.35. The van der Waals surface area contributed by atoms with Gasteiger partial charge >= 0.3 is 0 Å². The van der Waals surface area contributed by atoms with Gasteiger partial charge in [0.25, 0.3) is 0 Å². The Morgan fingerprint density at radius 3 is 2.44 bits per heavy atom. The summed E-state index contributed by atoms with van der Waals surface area (Å²) in [6, 6.07) is 6.18. The molecule has 1 aliphatic heterocycles. The van der Waals surface area contributed by atoms with Crippen LogP contribution < -0.4 is 10.2 Å². The summed E-state index contributed by atoms with van der Waals surface area (Å²) in [6.45, 7) is 4.11. The van der Waals surface area contributed by atoms with E-state index in [0.717, 1.165) is 17.3 Å². The lowest BCUT2D eigenvalue weighted by Gasteiger charge is -2.21. The summed E-state index contributed by atoms with van der Waals surface area (Å²) in [4.78, 5) is 14.0. The molecule has 1 amide bonds. The average Bonchev–Trinajstić information content (AvgIpc) is 2.79. The van der Waals surface area contributed by atoms with E-state index in [9.17, 15) is 4.79 Å². The fourth-order valence-corrected chi connectivity index (χ4v) is 2.99. The van der Waals surface area contributed by atoms with Gasteiger partial charge in [0.05, 0.1) is 6.04 Å². The monoisotopic (exact) mass is 286 g/mol. The average molecular weight is 287 g/mol. The van der Waals surface area contributed by atoms with Crippen LogP contribution in [0.4, 0.5) is 5.69 Å². The Morgan fingerprint density at radius 1 is 1.33 bits per heavy atom. The van der Waals surface area contributed by atoms with Crippen LogP contribution in [-0.2, 0) is 4.79 Å². The number of nitrogens with one attached hydrogen (secondary N) is 1. The van der Waals surface area contributed by atoms with E-state index < -0.39 is 0 Å². The van der Waals surface area contributed by atoms with E-state index >= 15 is 0 Å². The molecular weight excluding hydrogens is 268 g/mol. The van der Waals surface area contributed by atoms with Gasteiger partial charge in [-0.1, -0.05) is 6.07 Å². The van der Waals surface area contributed by atoms with Crippen LogP contribution in [0.3, 0.4) is 0 Å². The number of halogens is 1. The molecule has 3 nitrogen and oxygen atoms in total. The van der Waals surface area contributed by atoms with Gasteiger partial charge in [-0.15, -0.1) is 24.2 Å². The zero-order chi connectivity index (χ0) is 12.4. The molecule has 2 rings (SSSR count). The first-order valence-electron chi connectivity index (χ1n) is 5.75. The van der Waals surface area contributed by atoms with Crippen molar-refractivity contribution in [2.45, 2.75) is 19.9 Å². The van der Waals surface area contributed by atoms with E-state index in [2.05, 4.69) is 25.2 Å². The van der Waals surface area contributed by atoms with Crippen molar-refractivity contribution >= 4 is 35.8 Å². The maximum absolute atomic E-state index is 12.2. The first-order valence-corrected chi connectivity index (χ1v) is 6.90. The molecule has 0 aliphatic carbocycles.